The van der Waals surface area contributed by atoms with Gasteiger partial charge in [-0.3, -0.25) is 9.59 Å². The molecule has 2 aliphatic heterocycles. The molecule has 0 aromatic heterocycles. The lowest BCUT2D eigenvalue weighted by molar-refractivity contribution is -0.150. The molecule has 2 fully saturated rings. The number of esters is 2. The highest BCUT2D eigenvalue weighted by Crippen LogP contribution is 2.41. The van der Waals surface area contributed by atoms with E-state index in [9.17, 15) is 9.59 Å². The molecule has 0 radical (unpaired) electrons. The molecule has 8 nitrogen and oxygen atoms in total. The van der Waals surface area contributed by atoms with Gasteiger partial charge in [0.05, 0.1) is 11.8 Å². The van der Waals surface area contributed by atoms with E-state index in [4.69, 9.17) is 28.4 Å². The molecule has 0 bridgehead atoms. The van der Waals surface area contributed by atoms with Gasteiger partial charge in [-0.05, 0) is 122 Å². The van der Waals surface area contributed by atoms with Crippen molar-refractivity contribution in [3.8, 4) is 11.5 Å². The van der Waals surface area contributed by atoms with E-state index in [1.54, 1.807) is 0 Å². The van der Waals surface area contributed by atoms with Crippen molar-refractivity contribution in [3.63, 3.8) is 0 Å². The molecule has 0 amide bonds. The third-order valence-corrected chi connectivity index (χ3v) is 20.2. The minimum atomic E-state index is -0.537. The second-order valence-corrected chi connectivity index (χ2v) is 24.6. The summed E-state index contributed by atoms with van der Waals surface area (Å²) in [6, 6.07) is 59.3. The van der Waals surface area contributed by atoms with E-state index in [1.807, 2.05) is 24.3 Å². The van der Waals surface area contributed by atoms with Crippen molar-refractivity contribution in [2.45, 2.75) is 110 Å². The van der Waals surface area contributed by atoms with E-state index < -0.39 is 28.4 Å². The zero-order chi connectivity index (χ0) is 51.2. The number of carbonyl (C=O) groups excluding carboxylic acids is 2. The smallest absolute Gasteiger partial charge is 0.309 e. The molecule has 384 valence electrons. The normalized spacial score (nSPS) is 18.8. The summed E-state index contributed by atoms with van der Waals surface area (Å²) in [5.41, 5.74) is 1.96. The molecule has 6 aromatic rings. The minimum Gasteiger partial charge on any atom is -0.462 e. The van der Waals surface area contributed by atoms with Gasteiger partial charge in [0.15, 0.2) is 12.2 Å². The van der Waals surface area contributed by atoms with Crippen molar-refractivity contribution in [1.29, 1.82) is 0 Å². The van der Waals surface area contributed by atoms with Crippen LogP contribution in [0.15, 0.2) is 170 Å². The first kappa shape index (κ1) is 53.9. The van der Waals surface area contributed by atoms with Gasteiger partial charge in [-0.2, -0.15) is 0 Å². The molecule has 2 saturated heterocycles. The fraction of sp³-hybridized carbons (Fsp3) is 0.397. The summed E-state index contributed by atoms with van der Waals surface area (Å²) >= 11 is 0. The topological polar surface area (TPSA) is 96.1 Å². The van der Waals surface area contributed by atoms with Crippen LogP contribution in [0.4, 0.5) is 0 Å². The highest BCUT2D eigenvalue weighted by molar-refractivity contribution is 7.73. The number of carbonyl (C=O) groups is 2. The van der Waals surface area contributed by atoms with Crippen LogP contribution in [0.5, 0.6) is 11.5 Å². The summed E-state index contributed by atoms with van der Waals surface area (Å²) in [7, 11) is -1.07. The number of epoxide rings is 2. The molecule has 2 aliphatic rings. The molecular formula is C63H74O8P2. The Balaban J connectivity index is 0.752. The third kappa shape index (κ3) is 14.9. The van der Waals surface area contributed by atoms with E-state index in [-0.39, 0.29) is 54.6 Å². The molecule has 2 heterocycles. The van der Waals surface area contributed by atoms with E-state index >= 15 is 0 Å². The van der Waals surface area contributed by atoms with Crippen molar-refractivity contribution in [3.05, 3.63) is 181 Å². The van der Waals surface area contributed by atoms with Crippen molar-refractivity contribution < 1.29 is 38.0 Å². The lowest BCUT2D eigenvalue weighted by Crippen LogP contribution is -2.25. The van der Waals surface area contributed by atoms with Crippen LogP contribution in [0.25, 0.3) is 0 Å². The lowest BCUT2D eigenvalue weighted by atomic mass is 9.78. The Labute approximate surface area is 437 Å². The zero-order valence-corrected chi connectivity index (χ0v) is 45.3. The molecule has 73 heavy (non-hydrogen) atoms. The standard InChI is InChI=1S/C63H74O8P2/c1-7-45(43-72(53-23-15-11-16-24-53)54-25-17-12-18-26-54)39-47(9-3)59(64)66-41-57-61(70-57)68-51-35-31-49(32-36-51)63(5,6)50-33-37-52(38-34-50)69-62-58(71-62)42-67-60(65)48(10-4)40-46(8-2)44-73(55-27-19-13-20-28-55)56-29-21-14-22-30-56/h11-38,45-48,57-58,61-62H,7-10,39-44H2,1-6H3. The minimum absolute atomic E-state index is 0.154. The average Bonchev–Trinajstić information content (AvgIpc) is 4.37. The summed E-state index contributed by atoms with van der Waals surface area (Å²) in [6.45, 7) is 13.4. The number of rotatable bonds is 28. The molecule has 8 unspecified atom stereocenters. The van der Waals surface area contributed by atoms with Gasteiger partial charge in [0.2, 0.25) is 12.6 Å². The van der Waals surface area contributed by atoms with Gasteiger partial charge in [-0.15, -0.1) is 0 Å². The van der Waals surface area contributed by atoms with Crippen molar-refractivity contribution >= 4 is 49.0 Å². The van der Waals surface area contributed by atoms with Crippen LogP contribution < -0.4 is 30.7 Å². The predicted octanol–water partition coefficient (Wildman–Crippen LogP) is 12.5. The number of hydrogen-bond donors (Lipinski definition) is 0. The van der Waals surface area contributed by atoms with Crippen LogP contribution in [-0.2, 0) is 34.0 Å². The first-order valence-corrected chi connectivity index (χ1v) is 29.6. The molecular weight excluding hydrogens is 947 g/mol. The highest BCUT2D eigenvalue weighted by atomic mass is 31.1. The molecule has 10 heteroatoms. The molecule has 0 spiro atoms. The summed E-state index contributed by atoms with van der Waals surface area (Å²) in [6.07, 6.45) is 5.67. The fourth-order valence-corrected chi connectivity index (χ4v) is 15.1. The zero-order valence-electron chi connectivity index (χ0n) is 43.5. The van der Waals surface area contributed by atoms with Gasteiger partial charge in [0.25, 0.3) is 0 Å². The maximum Gasteiger partial charge on any atom is 0.309 e. The predicted molar refractivity (Wildman–Crippen MR) is 298 cm³/mol. The van der Waals surface area contributed by atoms with E-state index in [0.717, 1.165) is 62.0 Å². The van der Waals surface area contributed by atoms with Crippen LogP contribution in [0.1, 0.15) is 91.2 Å². The van der Waals surface area contributed by atoms with Crippen LogP contribution >= 0.6 is 15.8 Å². The summed E-state index contributed by atoms with van der Waals surface area (Å²) in [4.78, 5) is 26.8. The molecule has 0 aliphatic carbocycles. The van der Waals surface area contributed by atoms with E-state index in [1.165, 1.54) is 21.2 Å². The van der Waals surface area contributed by atoms with Crippen LogP contribution in [0, 0.1) is 23.7 Å². The molecule has 8 atom stereocenters. The average molecular weight is 1020 g/mol. The maximum absolute atomic E-state index is 13.4. The Bertz CT molecular complexity index is 2340. The number of benzene rings is 6. The lowest BCUT2D eigenvalue weighted by Gasteiger charge is -2.26. The summed E-state index contributed by atoms with van der Waals surface area (Å²) in [5, 5.41) is 5.47. The molecule has 0 saturated carbocycles. The molecule has 8 rings (SSSR count). The summed E-state index contributed by atoms with van der Waals surface area (Å²) in [5.74, 6) is 1.56. The second kappa shape index (κ2) is 26.2. The van der Waals surface area contributed by atoms with Crippen molar-refractivity contribution in [1.82, 2.24) is 0 Å². The quantitative estimate of drug-likeness (QED) is 0.0272. The van der Waals surface area contributed by atoms with Gasteiger partial charge < -0.3 is 28.4 Å². The molecule has 0 N–H and O–H groups in total. The number of hydrogen-bond acceptors (Lipinski definition) is 8. The fourth-order valence-electron chi connectivity index (χ4n) is 9.67. The third-order valence-electron chi connectivity index (χ3n) is 14.7. The maximum atomic E-state index is 13.4. The van der Waals surface area contributed by atoms with Crippen molar-refractivity contribution in [2.24, 2.45) is 23.7 Å². The summed E-state index contributed by atoms with van der Waals surface area (Å²) < 4.78 is 35.6. The first-order chi connectivity index (χ1) is 35.6. The van der Waals surface area contributed by atoms with Gasteiger partial charge in [0.1, 0.15) is 24.7 Å². The van der Waals surface area contributed by atoms with Gasteiger partial charge in [0, 0.05) is 5.41 Å². The Hall–Kier alpha value is -5.36. The second-order valence-electron chi connectivity index (χ2n) is 20.0. The molecule has 6 aromatic carbocycles. The SMILES string of the molecule is CCC(CC(CC)C(=O)OCC1OC1Oc1ccc(C(C)(C)c2ccc(OC3OC3COC(=O)C(CC)CC(CC)CP(c3ccccc3)c3ccccc3)cc2)cc1)CP(c1ccccc1)c1ccccc1. The van der Waals surface area contributed by atoms with E-state index in [2.05, 4.69) is 187 Å². The monoisotopic (exact) mass is 1020 g/mol. The van der Waals surface area contributed by atoms with Gasteiger partial charge in [-0.25, -0.2) is 0 Å². The Morgan fingerprint density at radius 2 is 0.781 bits per heavy atom. The van der Waals surface area contributed by atoms with E-state index in [0.29, 0.717) is 23.3 Å². The Morgan fingerprint density at radius 3 is 1.07 bits per heavy atom. The Morgan fingerprint density at radius 1 is 0.466 bits per heavy atom. The highest BCUT2D eigenvalue weighted by Gasteiger charge is 2.44. The Kier molecular flexibility index (Phi) is 19.4. The van der Waals surface area contributed by atoms with Crippen molar-refractivity contribution in [2.75, 3.05) is 25.5 Å². The first-order valence-electron chi connectivity index (χ1n) is 26.5. The van der Waals surface area contributed by atoms with Crippen LogP contribution in [0.3, 0.4) is 0 Å². The largest absolute Gasteiger partial charge is 0.462 e. The van der Waals surface area contributed by atoms with Gasteiger partial charge >= 0.3 is 11.9 Å². The number of ether oxygens (including phenoxy) is 6. The van der Waals surface area contributed by atoms with Crippen LogP contribution in [0.2, 0.25) is 0 Å². The van der Waals surface area contributed by atoms with Gasteiger partial charge in [-0.1, -0.05) is 200 Å². The van der Waals surface area contributed by atoms with Crippen LogP contribution in [-0.4, -0.2) is 62.3 Å².